The Balaban J connectivity index is 1.53. The van der Waals surface area contributed by atoms with Gasteiger partial charge in [-0.3, -0.25) is 4.40 Å². The van der Waals surface area contributed by atoms with Crippen LogP contribution in [0.3, 0.4) is 0 Å². The lowest BCUT2D eigenvalue weighted by molar-refractivity contribution is 0.464. The van der Waals surface area contributed by atoms with Crippen LogP contribution in [0, 0.1) is 0 Å². The van der Waals surface area contributed by atoms with Crippen LogP contribution in [0.5, 0.6) is 0 Å². The third kappa shape index (κ3) is 2.99. The smallest absolute Gasteiger partial charge is 0.160 e. The van der Waals surface area contributed by atoms with E-state index in [-0.39, 0.29) is 0 Å². The van der Waals surface area contributed by atoms with E-state index in [9.17, 15) is 8.42 Å². The molecule has 6 nitrogen and oxygen atoms in total. The van der Waals surface area contributed by atoms with E-state index in [0.29, 0.717) is 30.4 Å². The molecule has 1 aliphatic heterocycles. The van der Waals surface area contributed by atoms with Crippen LogP contribution in [0.2, 0.25) is 0 Å². The van der Waals surface area contributed by atoms with E-state index in [2.05, 4.69) is 15.5 Å². The third-order valence-electron chi connectivity index (χ3n) is 3.72. The first-order valence-electron chi connectivity index (χ1n) is 6.86. The van der Waals surface area contributed by atoms with Gasteiger partial charge in [0.1, 0.15) is 15.7 Å². The lowest BCUT2D eigenvalue weighted by Crippen LogP contribution is -2.38. The van der Waals surface area contributed by atoms with Crippen LogP contribution in [0.25, 0.3) is 5.65 Å². The zero-order chi connectivity index (χ0) is 14.0. The summed E-state index contributed by atoms with van der Waals surface area (Å²) in [7, 11) is -2.78. The van der Waals surface area contributed by atoms with Gasteiger partial charge in [-0.05, 0) is 25.0 Å². The van der Waals surface area contributed by atoms with Gasteiger partial charge in [-0.2, -0.15) is 0 Å². The molecule has 0 bridgehead atoms. The molecular weight excluding hydrogens is 276 g/mol. The fourth-order valence-electron chi connectivity index (χ4n) is 2.54. The van der Waals surface area contributed by atoms with Gasteiger partial charge < -0.3 is 5.32 Å². The molecule has 108 valence electrons. The highest BCUT2D eigenvalue weighted by atomic mass is 32.2. The molecule has 3 rings (SSSR count). The number of nitrogens with one attached hydrogen (secondary N) is 1. The van der Waals surface area contributed by atoms with Crippen LogP contribution >= 0.6 is 0 Å². The third-order valence-corrected chi connectivity index (χ3v) is 5.44. The molecule has 1 N–H and O–H groups in total. The van der Waals surface area contributed by atoms with Crippen LogP contribution < -0.4 is 5.32 Å². The summed E-state index contributed by atoms with van der Waals surface area (Å²) in [5.41, 5.74) is 0.853. The minimum absolute atomic E-state index is 0.303. The fourth-order valence-corrected chi connectivity index (χ4v) is 4.04. The van der Waals surface area contributed by atoms with Gasteiger partial charge in [0.15, 0.2) is 5.65 Å². The average molecular weight is 294 g/mol. The molecule has 1 fully saturated rings. The summed E-state index contributed by atoms with van der Waals surface area (Å²) in [5, 5.41) is 11.7. The van der Waals surface area contributed by atoms with E-state index in [1.807, 2.05) is 28.8 Å². The predicted octanol–water partition coefficient (Wildman–Crippen LogP) is 0.439. The summed E-state index contributed by atoms with van der Waals surface area (Å²) in [6.45, 7) is 0.792. The van der Waals surface area contributed by atoms with Gasteiger partial charge in [-0.15, -0.1) is 10.2 Å². The van der Waals surface area contributed by atoms with Gasteiger partial charge >= 0.3 is 0 Å². The molecule has 1 aliphatic rings. The molecule has 0 spiro atoms. The second-order valence-electron chi connectivity index (χ2n) is 5.18. The minimum Gasteiger partial charge on any atom is -0.313 e. The first kappa shape index (κ1) is 13.5. The van der Waals surface area contributed by atoms with Gasteiger partial charge in [0.2, 0.25) is 0 Å². The van der Waals surface area contributed by atoms with Gasteiger partial charge in [0, 0.05) is 25.2 Å². The first-order valence-corrected chi connectivity index (χ1v) is 8.69. The van der Waals surface area contributed by atoms with E-state index in [0.717, 1.165) is 24.4 Å². The Hall–Kier alpha value is -1.47. The highest BCUT2D eigenvalue weighted by Crippen LogP contribution is 2.12. The molecule has 0 atom stereocenters. The highest BCUT2D eigenvalue weighted by molar-refractivity contribution is 7.91. The molecule has 0 radical (unpaired) electrons. The molecule has 0 aromatic carbocycles. The maximum atomic E-state index is 11.4. The molecule has 2 aromatic rings. The average Bonchev–Trinajstić information content (AvgIpc) is 2.84. The first-order chi connectivity index (χ1) is 9.64. The molecule has 1 saturated heterocycles. The fraction of sp³-hybridized carbons (Fsp3) is 0.538. The van der Waals surface area contributed by atoms with E-state index < -0.39 is 9.84 Å². The maximum Gasteiger partial charge on any atom is 0.160 e. The Kier molecular flexibility index (Phi) is 3.71. The topological polar surface area (TPSA) is 76.4 Å². The normalized spacial score (nSPS) is 19.4. The number of rotatable bonds is 4. The Bertz CT molecular complexity index is 681. The zero-order valence-corrected chi connectivity index (χ0v) is 12.0. The molecule has 0 saturated carbocycles. The molecule has 2 aromatic heterocycles. The van der Waals surface area contributed by atoms with E-state index in [1.54, 1.807) is 0 Å². The van der Waals surface area contributed by atoms with Crippen molar-refractivity contribution in [3.8, 4) is 0 Å². The van der Waals surface area contributed by atoms with E-state index >= 15 is 0 Å². The second kappa shape index (κ2) is 5.49. The second-order valence-corrected chi connectivity index (χ2v) is 7.48. The van der Waals surface area contributed by atoms with Gasteiger partial charge in [-0.25, -0.2) is 8.42 Å². The predicted molar refractivity (Wildman–Crippen MR) is 76.4 cm³/mol. The molecular formula is C13H18N4O2S. The number of nitrogens with zero attached hydrogens (tertiary/aromatic N) is 3. The number of aromatic nitrogens is 3. The Morgan fingerprint density at radius 1 is 1.25 bits per heavy atom. The number of hydrogen-bond acceptors (Lipinski definition) is 5. The summed E-state index contributed by atoms with van der Waals surface area (Å²) in [5.74, 6) is 1.54. The monoisotopic (exact) mass is 294 g/mol. The van der Waals surface area contributed by atoms with E-state index in [1.165, 1.54) is 0 Å². The van der Waals surface area contributed by atoms with Crippen molar-refractivity contribution in [2.24, 2.45) is 0 Å². The lowest BCUT2D eigenvalue weighted by Gasteiger charge is -2.22. The largest absolute Gasteiger partial charge is 0.313 e. The standard InChI is InChI=1S/C13H18N4O2S/c18-20(19)9-5-11(6-10-20)14-7-4-13-16-15-12-3-1-2-8-17(12)13/h1-3,8,11,14H,4-7,9-10H2. The lowest BCUT2D eigenvalue weighted by atomic mass is 10.1. The molecule has 7 heteroatoms. The van der Waals surface area contributed by atoms with Crippen LogP contribution in [0.15, 0.2) is 24.4 Å². The summed E-state index contributed by atoms with van der Waals surface area (Å²) >= 11 is 0. The van der Waals surface area contributed by atoms with Gasteiger partial charge in [-0.1, -0.05) is 6.07 Å². The molecule has 0 aliphatic carbocycles. The maximum absolute atomic E-state index is 11.4. The summed E-state index contributed by atoms with van der Waals surface area (Å²) in [6, 6.07) is 6.13. The molecule has 0 unspecified atom stereocenters. The SMILES string of the molecule is O=S1(=O)CCC(NCCc2nnc3ccccn23)CC1. The summed E-state index contributed by atoms with van der Waals surface area (Å²) < 4.78 is 24.7. The number of hydrogen-bond donors (Lipinski definition) is 1. The van der Waals surface area contributed by atoms with Crippen LogP contribution in [0.4, 0.5) is 0 Å². The van der Waals surface area contributed by atoms with Crippen molar-refractivity contribution < 1.29 is 8.42 Å². The van der Waals surface area contributed by atoms with Crippen molar-refractivity contribution in [2.45, 2.75) is 25.3 Å². The zero-order valence-electron chi connectivity index (χ0n) is 11.2. The van der Waals surface area contributed by atoms with Crippen molar-refractivity contribution in [3.05, 3.63) is 30.2 Å². The number of pyridine rings is 1. The molecule has 20 heavy (non-hydrogen) atoms. The van der Waals surface area contributed by atoms with Crippen molar-refractivity contribution in [1.29, 1.82) is 0 Å². The van der Waals surface area contributed by atoms with Crippen LogP contribution in [0.1, 0.15) is 18.7 Å². The Morgan fingerprint density at radius 3 is 2.85 bits per heavy atom. The van der Waals surface area contributed by atoms with Crippen molar-refractivity contribution in [3.63, 3.8) is 0 Å². The van der Waals surface area contributed by atoms with Gasteiger partial charge in [0.05, 0.1) is 11.5 Å². The van der Waals surface area contributed by atoms with E-state index in [4.69, 9.17) is 0 Å². The minimum atomic E-state index is -2.78. The van der Waals surface area contributed by atoms with Crippen LogP contribution in [-0.4, -0.2) is 47.1 Å². The molecule has 0 amide bonds. The highest BCUT2D eigenvalue weighted by Gasteiger charge is 2.22. The van der Waals surface area contributed by atoms with Crippen molar-refractivity contribution in [1.82, 2.24) is 19.9 Å². The Morgan fingerprint density at radius 2 is 2.05 bits per heavy atom. The summed E-state index contributed by atoms with van der Waals surface area (Å²) in [6.07, 6.45) is 4.16. The van der Waals surface area contributed by atoms with Crippen molar-refractivity contribution in [2.75, 3.05) is 18.1 Å². The van der Waals surface area contributed by atoms with Crippen molar-refractivity contribution >= 4 is 15.5 Å². The Labute approximate surface area is 118 Å². The quantitative estimate of drug-likeness (QED) is 0.885. The summed E-state index contributed by atoms with van der Waals surface area (Å²) in [4.78, 5) is 0. The van der Waals surface area contributed by atoms with Crippen LogP contribution in [-0.2, 0) is 16.3 Å². The number of fused-ring (bicyclic) bond motifs is 1. The number of sulfone groups is 1. The van der Waals surface area contributed by atoms with Gasteiger partial charge in [0.25, 0.3) is 0 Å². The molecule has 3 heterocycles.